The maximum absolute atomic E-state index is 11.9. The minimum atomic E-state index is -3.12. The van der Waals surface area contributed by atoms with Crippen LogP contribution >= 0.6 is 0 Å². The molecular formula is C15H21N5O2S. The molecule has 124 valence electrons. The highest BCUT2D eigenvalue weighted by atomic mass is 32.2. The van der Waals surface area contributed by atoms with Gasteiger partial charge in [-0.1, -0.05) is 6.92 Å². The second-order valence-corrected chi connectivity index (χ2v) is 9.04. The molecule has 0 aliphatic carbocycles. The van der Waals surface area contributed by atoms with Gasteiger partial charge in [0.25, 0.3) is 0 Å². The van der Waals surface area contributed by atoms with Crippen LogP contribution in [0.5, 0.6) is 0 Å². The molecule has 2 atom stereocenters. The third kappa shape index (κ3) is 2.40. The Hall–Kier alpha value is -1.67. The van der Waals surface area contributed by atoms with Crippen molar-refractivity contribution in [1.29, 1.82) is 0 Å². The summed E-state index contributed by atoms with van der Waals surface area (Å²) in [6.07, 6.45) is 5.75. The van der Waals surface area contributed by atoms with Crippen molar-refractivity contribution in [3.63, 3.8) is 0 Å². The van der Waals surface area contributed by atoms with Gasteiger partial charge in [-0.05, 0) is 18.4 Å². The Bertz CT molecular complexity index is 848. The largest absolute Gasteiger partial charge is 0.355 e. The molecular weight excluding hydrogens is 314 g/mol. The van der Waals surface area contributed by atoms with Crippen molar-refractivity contribution in [2.45, 2.75) is 13.3 Å². The fraction of sp³-hybridized carbons (Fsp3) is 0.600. The Kier molecular flexibility index (Phi) is 3.18. The van der Waals surface area contributed by atoms with Gasteiger partial charge in [-0.3, -0.25) is 0 Å². The minimum Gasteiger partial charge on any atom is -0.355 e. The van der Waals surface area contributed by atoms with Crippen LogP contribution in [0.25, 0.3) is 11.0 Å². The molecule has 2 saturated heterocycles. The van der Waals surface area contributed by atoms with Crippen LogP contribution in [0.2, 0.25) is 0 Å². The smallest absolute Gasteiger partial charge is 0.211 e. The van der Waals surface area contributed by atoms with Crippen molar-refractivity contribution in [2.24, 2.45) is 11.3 Å². The van der Waals surface area contributed by atoms with Gasteiger partial charge in [0.15, 0.2) is 0 Å². The van der Waals surface area contributed by atoms with Gasteiger partial charge in [0.1, 0.15) is 17.8 Å². The molecule has 4 rings (SSSR count). The van der Waals surface area contributed by atoms with Crippen molar-refractivity contribution in [1.82, 2.24) is 19.3 Å². The lowest BCUT2D eigenvalue weighted by Crippen LogP contribution is -2.47. The van der Waals surface area contributed by atoms with E-state index in [-0.39, 0.29) is 5.41 Å². The summed E-state index contributed by atoms with van der Waals surface area (Å²) in [5.74, 6) is 1.35. The van der Waals surface area contributed by atoms with E-state index in [0.29, 0.717) is 19.0 Å². The average molecular weight is 335 g/mol. The van der Waals surface area contributed by atoms with Gasteiger partial charge in [-0.25, -0.2) is 22.7 Å². The molecule has 7 nitrogen and oxygen atoms in total. The first kappa shape index (κ1) is 14.9. The highest BCUT2D eigenvalue weighted by Gasteiger charge is 2.49. The molecule has 2 aromatic rings. The van der Waals surface area contributed by atoms with E-state index in [9.17, 15) is 8.42 Å². The standard InChI is InChI=1S/C15H21N5O2S/c1-15-8-19(14-12-3-5-16-13(12)17-10-18-14)6-4-11(15)7-20(9-15)23(2,21)22/h3,5,10-11H,4,6-9H2,1-2H3,(H,16,17,18)/t11-,15+/m1/s1. The zero-order valence-electron chi connectivity index (χ0n) is 13.4. The molecule has 0 radical (unpaired) electrons. The van der Waals surface area contributed by atoms with Crippen LogP contribution in [-0.2, 0) is 10.0 Å². The Morgan fingerprint density at radius 1 is 1.35 bits per heavy atom. The molecule has 0 unspecified atom stereocenters. The van der Waals surface area contributed by atoms with Crippen LogP contribution in [0.15, 0.2) is 18.6 Å². The predicted molar refractivity (Wildman–Crippen MR) is 88.7 cm³/mol. The van der Waals surface area contributed by atoms with Crippen LogP contribution in [-0.4, -0.2) is 60.1 Å². The monoisotopic (exact) mass is 335 g/mol. The van der Waals surface area contributed by atoms with E-state index in [0.717, 1.165) is 36.4 Å². The van der Waals surface area contributed by atoms with Crippen molar-refractivity contribution in [3.05, 3.63) is 18.6 Å². The fourth-order valence-electron chi connectivity index (χ4n) is 4.05. The number of aromatic amines is 1. The molecule has 2 aliphatic heterocycles. The van der Waals surface area contributed by atoms with Crippen LogP contribution in [0, 0.1) is 11.3 Å². The number of sulfonamides is 1. The summed E-state index contributed by atoms with van der Waals surface area (Å²) in [6.45, 7) is 5.15. The Morgan fingerprint density at radius 3 is 2.96 bits per heavy atom. The highest BCUT2D eigenvalue weighted by Crippen LogP contribution is 2.43. The maximum Gasteiger partial charge on any atom is 0.211 e. The van der Waals surface area contributed by atoms with Crippen LogP contribution in [0.4, 0.5) is 5.82 Å². The van der Waals surface area contributed by atoms with Crippen LogP contribution < -0.4 is 4.90 Å². The molecule has 0 amide bonds. The number of rotatable bonds is 2. The summed E-state index contributed by atoms with van der Waals surface area (Å²) in [4.78, 5) is 14.1. The number of nitrogens with one attached hydrogen (secondary N) is 1. The number of piperidine rings is 1. The lowest BCUT2D eigenvalue weighted by atomic mass is 9.75. The van der Waals surface area contributed by atoms with Gasteiger partial charge in [0.05, 0.1) is 11.6 Å². The summed E-state index contributed by atoms with van der Waals surface area (Å²) in [6, 6.07) is 2.00. The van der Waals surface area contributed by atoms with Crippen molar-refractivity contribution >= 4 is 26.9 Å². The number of nitrogens with zero attached hydrogens (tertiary/aromatic N) is 4. The third-order valence-electron chi connectivity index (χ3n) is 5.35. The molecule has 2 aliphatic rings. The molecule has 4 heterocycles. The van der Waals surface area contributed by atoms with Crippen LogP contribution in [0.1, 0.15) is 13.3 Å². The van der Waals surface area contributed by atoms with E-state index in [4.69, 9.17) is 0 Å². The Morgan fingerprint density at radius 2 is 2.17 bits per heavy atom. The summed E-state index contributed by atoms with van der Waals surface area (Å²) >= 11 is 0. The first-order chi connectivity index (χ1) is 10.9. The zero-order chi connectivity index (χ0) is 16.2. The quantitative estimate of drug-likeness (QED) is 0.887. The molecule has 8 heteroatoms. The molecule has 0 spiro atoms. The van der Waals surface area contributed by atoms with Crippen molar-refractivity contribution in [3.8, 4) is 0 Å². The molecule has 0 saturated carbocycles. The second-order valence-electron chi connectivity index (χ2n) is 7.05. The minimum absolute atomic E-state index is 0.0328. The van der Waals surface area contributed by atoms with Crippen molar-refractivity contribution in [2.75, 3.05) is 37.3 Å². The van der Waals surface area contributed by atoms with E-state index in [1.807, 2.05) is 12.3 Å². The van der Waals surface area contributed by atoms with Gasteiger partial charge in [-0.2, -0.15) is 0 Å². The van der Waals surface area contributed by atoms with E-state index in [1.165, 1.54) is 6.26 Å². The molecule has 2 aromatic heterocycles. The molecule has 2 fully saturated rings. The van der Waals surface area contributed by atoms with E-state index < -0.39 is 10.0 Å². The van der Waals surface area contributed by atoms with Crippen molar-refractivity contribution < 1.29 is 8.42 Å². The second kappa shape index (κ2) is 4.91. The number of fused-ring (bicyclic) bond motifs is 2. The van der Waals surface area contributed by atoms with E-state index in [2.05, 4.69) is 26.8 Å². The normalized spacial score (nSPS) is 29.1. The molecule has 23 heavy (non-hydrogen) atoms. The first-order valence-corrected chi connectivity index (χ1v) is 9.70. The number of aromatic nitrogens is 3. The number of anilines is 1. The number of H-pyrrole nitrogens is 1. The summed E-state index contributed by atoms with van der Waals surface area (Å²) in [5, 5.41) is 1.02. The predicted octanol–water partition coefficient (Wildman–Crippen LogP) is 1.07. The number of hydrogen-bond acceptors (Lipinski definition) is 5. The summed E-state index contributed by atoms with van der Waals surface area (Å²) in [5.41, 5.74) is 0.806. The summed E-state index contributed by atoms with van der Waals surface area (Å²) < 4.78 is 25.4. The average Bonchev–Trinajstić information content (AvgIpc) is 3.08. The van der Waals surface area contributed by atoms with Gasteiger partial charge in [-0.15, -0.1) is 0 Å². The van der Waals surface area contributed by atoms with Gasteiger partial charge < -0.3 is 9.88 Å². The number of hydrogen-bond donors (Lipinski definition) is 1. The SMILES string of the molecule is C[C@@]12CN(c3ncnc4[nH]ccc34)CC[C@@H]1CN(S(C)(=O)=O)C2. The highest BCUT2D eigenvalue weighted by molar-refractivity contribution is 7.88. The third-order valence-corrected chi connectivity index (χ3v) is 6.56. The topological polar surface area (TPSA) is 82.2 Å². The van der Waals surface area contributed by atoms with Crippen LogP contribution in [0.3, 0.4) is 0 Å². The Labute approximate surface area is 135 Å². The summed E-state index contributed by atoms with van der Waals surface area (Å²) in [7, 11) is -3.12. The van der Waals surface area contributed by atoms with Gasteiger partial charge in [0.2, 0.25) is 10.0 Å². The zero-order valence-corrected chi connectivity index (χ0v) is 14.2. The van der Waals surface area contributed by atoms with E-state index >= 15 is 0 Å². The Balaban J connectivity index is 1.64. The lowest BCUT2D eigenvalue weighted by molar-refractivity contribution is 0.214. The van der Waals surface area contributed by atoms with Gasteiger partial charge >= 0.3 is 0 Å². The molecule has 1 N–H and O–H groups in total. The fourth-order valence-corrected chi connectivity index (χ4v) is 5.03. The maximum atomic E-state index is 11.9. The first-order valence-electron chi connectivity index (χ1n) is 7.85. The van der Waals surface area contributed by atoms with E-state index in [1.54, 1.807) is 10.6 Å². The van der Waals surface area contributed by atoms with Gasteiger partial charge in [0, 0.05) is 37.8 Å². The lowest BCUT2D eigenvalue weighted by Gasteiger charge is -2.42. The molecule has 0 aromatic carbocycles. The molecule has 0 bridgehead atoms.